The molecule has 0 spiro atoms. The third kappa shape index (κ3) is 5.29. The number of aliphatic hydroxyl groups excluding tert-OH is 1. The zero-order valence-electron chi connectivity index (χ0n) is 17.2. The van der Waals surface area contributed by atoms with Gasteiger partial charge in [-0.1, -0.05) is 0 Å². The van der Waals surface area contributed by atoms with Crippen molar-refractivity contribution in [3.8, 4) is 0 Å². The van der Waals surface area contributed by atoms with Gasteiger partial charge in [0, 0.05) is 49.5 Å². The number of piperazine rings is 1. The van der Waals surface area contributed by atoms with Crippen molar-refractivity contribution < 1.29 is 27.1 Å². The highest BCUT2D eigenvalue weighted by Gasteiger charge is 2.28. The van der Waals surface area contributed by atoms with E-state index in [1.807, 2.05) is 4.90 Å². The normalized spacial score (nSPS) is 15.4. The lowest BCUT2D eigenvalue weighted by Gasteiger charge is -2.37. The van der Waals surface area contributed by atoms with E-state index >= 15 is 0 Å². The molecule has 1 saturated heterocycles. The van der Waals surface area contributed by atoms with Crippen molar-refractivity contribution in [2.24, 2.45) is 0 Å². The topological polar surface area (TPSA) is 103 Å². The molecule has 1 unspecified atom stereocenters. The highest BCUT2D eigenvalue weighted by atomic mass is 32.2. The fourth-order valence-electron chi connectivity index (χ4n) is 3.52. The van der Waals surface area contributed by atoms with Gasteiger partial charge < -0.3 is 14.9 Å². The van der Waals surface area contributed by atoms with E-state index in [9.17, 15) is 27.1 Å². The monoisotopic (exact) mass is 494 g/mol. The van der Waals surface area contributed by atoms with Gasteiger partial charge in [-0.25, -0.2) is 22.2 Å². The van der Waals surface area contributed by atoms with Crippen LogP contribution < -0.4 is 9.62 Å². The molecule has 1 amide bonds. The SMILES string of the molecule is O=C(C(O)c1cc(F)cc(F)c1)N1CCN(c2ccc(S(=O)(=O)Nc3nccs3)cc2)CC1. The number of aliphatic hydroxyl groups is 1. The summed E-state index contributed by atoms with van der Waals surface area (Å²) in [6.45, 7) is 1.47. The number of nitrogens with one attached hydrogen (secondary N) is 1. The second-order valence-corrected chi connectivity index (χ2v) is 9.93. The minimum absolute atomic E-state index is 0.0979. The number of carbonyl (C=O) groups is 1. The summed E-state index contributed by atoms with van der Waals surface area (Å²) >= 11 is 1.18. The van der Waals surface area contributed by atoms with Crippen molar-refractivity contribution in [3.05, 3.63) is 71.2 Å². The van der Waals surface area contributed by atoms with Crippen molar-refractivity contribution >= 4 is 38.1 Å². The van der Waals surface area contributed by atoms with E-state index in [2.05, 4.69) is 9.71 Å². The van der Waals surface area contributed by atoms with E-state index in [1.54, 1.807) is 17.5 Å². The summed E-state index contributed by atoms with van der Waals surface area (Å²) in [7, 11) is -3.75. The van der Waals surface area contributed by atoms with Gasteiger partial charge in [-0.3, -0.25) is 9.52 Å². The molecule has 4 rings (SSSR count). The number of benzene rings is 2. The van der Waals surface area contributed by atoms with E-state index in [-0.39, 0.29) is 15.6 Å². The van der Waals surface area contributed by atoms with Gasteiger partial charge in [0.1, 0.15) is 11.6 Å². The van der Waals surface area contributed by atoms with Gasteiger partial charge in [0.15, 0.2) is 11.2 Å². The number of halogens is 2. The van der Waals surface area contributed by atoms with Crippen LogP contribution in [0.15, 0.2) is 58.9 Å². The first-order valence-corrected chi connectivity index (χ1v) is 12.3. The number of rotatable bonds is 6. The Kier molecular flexibility index (Phi) is 6.58. The summed E-state index contributed by atoms with van der Waals surface area (Å²) in [5, 5.41) is 12.2. The smallest absolute Gasteiger partial charge is 0.263 e. The summed E-state index contributed by atoms with van der Waals surface area (Å²) in [6, 6.07) is 8.87. The Labute approximate surface area is 193 Å². The van der Waals surface area contributed by atoms with Gasteiger partial charge >= 0.3 is 0 Å². The molecule has 12 heteroatoms. The molecule has 33 heavy (non-hydrogen) atoms. The fourth-order valence-corrected chi connectivity index (χ4v) is 5.31. The molecule has 0 radical (unpaired) electrons. The van der Waals surface area contributed by atoms with Gasteiger partial charge in [0.25, 0.3) is 15.9 Å². The van der Waals surface area contributed by atoms with Crippen LogP contribution in [-0.2, 0) is 14.8 Å². The first kappa shape index (κ1) is 23.1. The zero-order valence-corrected chi connectivity index (χ0v) is 18.8. The summed E-state index contributed by atoms with van der Waals surface area (Å²) in [6.07, 6.45) is -0.151. The van der Waals surface area contributed by atoms with Crippen LogP contribution in [0.1, 0.15) is 11.7 Å². The Balaban J connectivity index is 1.37. The molecule has 1 aliphatic rings. The molecule has 1 fully saturated rings. The number of thiazole rings is 1. The lowest BCUT2D eigenvalue weighted by molar-refractivity contribution is -0.140. The summed E-state index contributed by atoms with van der Waals surface area (Å²) < 4.78 is 54.1. The Morgan fingerprint density at radius 1 is 1.06 bits per heavy atom. The van der Waals surface area contributed by atoms with Crippen LogP contribution in [0.3, 0.4) is 0 Å². The van der Waals surface area contributed by atoms with Crippen LogP contribution in [0.2, 0.25) is 0 Å². The Morgan fingerprint density at radius 3 is 2.27 bits per heavy atom. The number of carbonyl (C=O) groups excluding carboxylic acids is 1. The molecular weight excluding hydrogens is 474 g/mol. The van der Waals surface area contributed by atoms with Gasteiger partial charge in [-0.15, -0.1) is 11.3 Å². The summed E-state index contributed by atoms with van der Waals surface area (Å²) in [4.78, 5) is 20.0. The van der Waals surface area contributed by atoms with Crippen molar-refractivity contribution in [1.29, 1.82) is 0 Å². The van der Waals surface area contributed by atoms with Crippen LogP contribution in [0.4, 0.5) is 19.6 Å². The molecule has 0 saturated carbocycles. The predicted molar refractivity (Wildman–Crippen MR) is 119 cm³/mol. The minimum atomic E-state index is -3.75. The van der Waals surface area contributed by atoms with E-state index in [4.69, 9.17) is 0 Å². The highest BCUT2D eigenvalue weighted by Crippen LogP contribution is 2.24. The van der Waals surface area contributed by atoms with Crippen molar-refractivity contribution in [2.45, 2.75) is 11.0 Å². The Bertz CT molecular complexity index is 1210. The molecule has 2 aromatic carbocycles. The molecule has 1 aromatic heterocycles. The summed E-state index contributed by atoms with van der Waals surface area (Å²) in [5.41, 5.74) is 0.645. The maximum absolute atomic E-state index is 13.4. The zero-order chi connectivity index (χ0) is 23.6. The van der Waals surface area contributed by atoms with E-state index in [0.29, 0.717) is 32.2 Å². The Morgan fingerprint density at radius 2 is 1.70 bits per heavy atom. The molecule has 3 aromatic rings. The summed E-state index contributed by atoms with van der Waals surface area (Å²) in [5.74, 6) is -2.36. The lowest BCUT2D eigenvalue weighted by Crippen LogP contribution is -2.50. The van der Waals surface area contributed by atoms with Crippen molar-refractivity contribution in [3.63, 3.8) is 0 Å². The average molecular weight is 495 g/mol. The van der Waals surface area contributed by atoms with Crippen LogP contribution >= 0.6 is 11.3 Å². The quantitative estimate of drug-likeness (QED) is 0.546. The van der Waals surface area contributed by atoms with E-state index in [0.717, 1.165) is 17.8 Å². The van der Waals surface area contributed by atoms with Gasteiger partial charge in [0.2, 0.25) is 0 Å². The molecule has 8 nitrogen and oxygen atoms in total. The van der Waals surface area contributed by atoms with Crippen LogP contribution in [-0.4, -0.2) is 55.5 Å². The van der Waals surface area contributed by atoms with Crippen LogP contribution in [0, 0.1) is 11.6 Å². The highest BCUT2D eigenvalue weighted by molar-refractivity contribution is 7.93. The third-order valence-electron chi connectivity index (χ3n) is 5.19. The second-order valence-electron chi connectivity index (χ2n) is 7.35. The van der Waals surface area contributed by atoms with Crippen LogP contribution in [0.5, 0.6) is 0 Å². The maximum Gasteiger partial charge on any atom is 0.263 e. The lowest BCUT2D eigenvalue weighted by atomic mass is 10.1. The van der Waals surface area contributed by atoms with Crippen molar-refractivity contribution in [2.75, 3.05) is 35.8 Å². The van der Waals surface area contributed by atoms with Gasteiger partial charge in [-0.2, -0.15) is 0 Å². The number of hydrogen-bond donors (Lipinski definition) is 2. The molecular formula is C21H20F2N4O4S2. The van der Waals surface area contributed by atoms with E-state index in [1.165, 1.54) is 34.6 Å². The second kappa shape index (κ2) is 9.41. The number of nitrogens with zero attached hydrogens (tertiary/aromatic N) is 3. The number of sulfonamides is 1. The van der Waals surface area contributed by atoms with E-state index < -0.39 is 33.7 Å². The molecule has 0 bridgehead atoms. The standard InChI is InChI=1S/C21H20F2N4O4S2/c22-15-11-14(12-16(23)13-15)19(28)20(29)27-8-6-26(7-9-27)17-1-3-18(4-2-17)33(30,31)25-21-24-5-10-32-21/h1-5,10-13,19,28H,6-9H2,(H,24,25). The van der Waals surface area contributed by atoms with Gasteiger partial charge in [0.05, 0.1) is 4.90 Å². The number of aromatic nitrogens is 1. The molecule has 1 aliphatic heterocycles. The average Bonchev–Trinajstić information content (AvgIpc) is 3.30. The largest absolute Gasteiger partial charge is 0.378 e. The van der Waals surface area contributed by atoms with Crippen molar-refractivity contribution in [1.82, 2.24) is 9.88 Å². The first-order valence-electron chi connectivity index (χ1n) is 9.93. The number of anilines is 2. The van der Waals surface area contributed by atoms with Crippen LogP contribution in [0.25, 0.3) is 0 Å². The number of hydrogen-bond acceptors (Lipinski definition) is 7. The minimum Gasteiger partial charge on any atom is -0.378 e. The maximum atomic E-state index is 13.4. The molecule has 1 atom stereocenters. The molecule has 2 heterocycles. The predicted octanol–water partition coefficient (Wildman–Crippen LogP) is 2.60. The first-order chi connectivity index (χ1) is 15.7. The fraction of sp³-hybridized carbons (Fsp3) is 0.238. The molecule has 2 N–H and O–H groups in total. The molecule has 174 valence electrons. The molecule has 0 aliphatic carbocycles. The number of amides is 1. The Hall–Kier alpha value is -3.09. The van der Waals surface area contributed by atoms with Gasteiger partial charge in [-0.05, 0) is 42.0 Å². The third-order valence-corrected chi connectivity index (χ3v) is 7.36.